The number of halogens is 1. The highest BCUT2D eigenvalue weighted by Crippen LogP contribution is 2.42. The topological polar surface area (TPSA) is 67.9 Å². The van der Waals surface area contributed by atoms with E-state index in [1.165, 1.54) is 23.9 Å². The minimum absolute atomic E-state index is 0.183. The molecule has 2 amide bonds. The summed E-state index contributed by atoms with van der Waals surface area (Å²) in [5.41, 5.74) is 3.04. The smallest absolute Gasteiger partial charge is 0.255 e. The SMILES string of the molecule is Cc1ccc(C(=O)N2C(C(=O)NCc3ccc4c(c3)OCO4)CSC2c2cccc(F)c2)cc1. The van der Waals surface area contributed by atoms with Crippen LogP contribution in [-0.2, 0) is 11.3 Å². The van der Waals surface area contributed by atoms with Crippen LogP contribution in [0.3, 0.4) is 0 Å². The summed E-state index contributed by atoms with van der Waals surface area (Å²) >= 11 is 1.45. The summed E-state index contributed by atoms with van der Waals surface area (Å²) in [6.07, 6.45) is 0. The minimum atomic E-state index is -0.693. The van der Waals surface area contributed by atoms with Gasteiger partial charge in [0.05, 0.1) is 0 Å². The van der Waals surface area contributed by atoms with Crippen molar-refractivity contribution in [3.8, 4) is 11.5 Å². The Balaban J connectivity index is 1.38. The number of hydrogen-bond donors (Lipinski definition) is 1. The molecule has 0 radical (unpaired) electrons. The van der Waals surface area contributed by atoms with Crippen molar-refractivity contribution in [2.75, 3.05) is 12.5 Å². The van der Waals surface area contributed by atoms with Crippen molar-refractivity contribution in [1.82, 2.24) is 10.2 Å². The van der Waals surface area contributed by atoms with Crippen LogP contribution in [0.1, 0.15) is 32.4 Å². The van der Waals surface area contributed by atoms with Crippen molar-refractivity contribution in [3.05, 3.63) is 94.8 Å². The molecule has 0 aromatic heterocycles. The summed E-state index contributed by atoms with van der Waals surface area (Å²) in [6, 6.07) is 18.2. The zero-order valence-electron chi connectivity index (χ0n) is 18.5. The van der Waals surface area contributed by atoms with Gasteiger partial charge in [-0.2, -0.15) is 0 Å². The number of fused-ring (bicyclic) bond motifs is 1. The van der Waals surface area contributed by atoms with Gasteiger partial charge in [-0.1, -0.05) is 35.9 Å². The molecule has 1 fully saturated rings. The van der Waals surface area contributed by atoms with E-state index in [9.17, 15) is 14.0 Å². The lowest BCUT2D eigenvalue weighted by Crippen LogP contribution is -2.47. The van der Waals surface area contributed by atoms with Gasteiger partial charge in [-0.05, 0) is 54.4 Å². The molecular formula is C26H23FN2O4S. The summed E-state index contributed by atoms with van der Waals surface area (Å²) in [5.74, 6) is 0.829. The number of thioether (sulfide) groups is 1. The van der Waals surface area contributed by atoms with E-state index in [2.05, 4.69) is 5.32 Å². The first-order chi connectivity index (χ1) is 16.5. The molecule has 1 saturated heterocycles. The maximum absolute atomic E-state index is 14.0. The number of hydrogen-bond acceptors (Lipinski definition) is 5. The van der Waals surface area contributed by atoms with Crippen molar-refractivity contribution in [2.24, 2.45) is 0 Å². The quantitative estimate of drug-likeness (QED) is 0.588. The van der Waals surface area contributed by atoms with Crippen LogP contribution in [0.2, 0.25) is 0 Å². The molecule has 6 nitrogen and oxygen atoms in total. The van der Waals surface area contributed by atoms with E-state index in [0.717, 1.165) is 11.1 Å². The predicted octanol–water partition coefficient (Wildman–Crippen LogP) is 4.44. The number of ether oxygens (including phenoxy) is 2. The third-order valence-corrected chi connectivity index (χ3v) is 7.20. The summed E-state index contributed by atoms with van der Waals surface area (Å²) in [4.78, 5) is 28.4. The number of benzene rings is 3. The van der Waals surface area contributed by atoms with Gasteiger partial charge in [-0.15, -0.1) is 11.8 Å². The molecule has 0 bridgehead atoms. The van der Waals surface area contributed by atoms with Crippen LogP contribution in [-0.4, -0.2) is 35.3 Å². The van der Waals surface area contributed by atoms with Crippen molar-refractivity contribution in [3.63, 3.8) is 0 Å². The molecule has 3 aromatic carbocycles. The molecule has 2 unspecified atom stereocenters. The second-order valence-electron chi connectivity index (χ2n) is 8.24. The van der Waals surface area contributed by atoms with Crippen molar-refractivity contribution in [2.45, 2.75) is 24.9 Å². The van der Waals surface area contributed by atoms with Crippen LogP contribution in [0.25, 0.3) is 0 Å². The Morgan fingerprint density at radius 3 is 2.65 bits per heavy atom. The Labute approximate surface area is 201 Å². The Hall–Kier alpha value is -3.52. The van der Waals surface area contributed by atoms with Gasteiger partial charge in [0.2, 0.25) is 12.7 Å². The lowest BCUT2D eigenvalue weighted by Gasteiger charge is -2.29. The number of carbonyl (C=O) groups is 2. The Kier molecular flexibility index (Phi) is 6.15. The number of carbonyl (C=O) groups excluding carboxylic acids is 2. The van der Waals surface area contributed by atoms with Gasteiger partial charge < -0.3 is 19.7 Å². The van der Waals surface area contributed by atoms with Crippen molar-refractivity contribution < 1.29 is 23.5 Å². The van der Waals surface area contributed by atoms with E-state index < -0.39 is 11.4 Å². The second-order valence-corrected chi connectivity index (χ2v) is 9.35. The molecule has 0 saturated carbocycles. The van der Waals surface area contributed by atoms with Crippen molar-refractivity contribution in [1.29, 1.82) is 0 Å². The summed E-state index contributed by atoms with van der Waals surface area (Å²) < 4.78 is 24.7. The Morgan fingerprint density at radius 2 is 1.85 bits per heavy atom. The number of rotatable bonds is 5. The summed E-state index contributed by atoms with van der Waals surface area (Å²) in [7, 11) is 0. The van der Waals surface area contributed by atoms with E-state index in [4.69, 9.17) is 9.47 Å². The van der Waals surface area contributed by atoms with Crippen molar-refractivity contribution >= 4 is 23.6 Å². The van der Waals surface area contributed by atoms with Gasteiger partial charge in [0, 0.05) is 17.9 Å². The first-order valence-corrected chi connectivity index (χ1v) is 12.0. The molecule has 8 heteroatoms. The van der Waals surface area contributed by atoms with E-state index in [0.29, 0.717) is 28.4 Å². The van der Waals surface area contributed by atoms with Gasteiger partial charge in [-0.3, -0.25) is 9.59 Å². The van der Waals surface area contributed by atoms with Crippen LogP contribution in [0.15, 0.2) is 66.7 Å². The maximum atomic E-state index is 14.0. The van der Waals surface area contributed by atoms with Gasteiger partial charge in [0.1, 0.15) is 17.2 Å². The number of nitrogens with one attached hydrogen (secondary N) is 1. The lowest BCUT2D eigenvalue weighted by atomic mass is 10.1. The van der Waals surface area contributed by atoms with Gasteiger partial charge in [0.15, 0.2) is 11.5 Å². The fourth-order valence-electron chi connectivity index (χ4n) is 4.08. The fourth-order valence-corrected chi connectivity index (χ4v) is 5.50. The largest absolute Gasteiger partial charge is 0.454 e. The van der Waals surface area contributed by atoms with Gasteiger partial charge in [-0.25, -0.2) is 4.39 Å². The van der Waals surface area contributed by atoms with Crippen LogP contribution < -0.4 is 14.8 Å². The molecule has 2 aliphatic heterocycles. The Bertz CT molecular complexity index is 1230. The highest BCUT2D eigenvalue weighted by molar-refractivity contribution is 7.99. The van der Waals surface area contributed by atoms with Gasteiger partial charge in [0.25, 0.3) is 5.91 Å². The Morgan fingerprint density at radius 1 is 1.06 bits per heavy atom. The third-order valence-electron chi connectivity index (χ3n) is 5.87. The van der Waals surface area contributed by atoms with Crippen LogP contribution >= 0.6 is 11.8 Å². The number of nitrogens with zero attached hydrogens (tertiary/aromatic N) is 1. The van der Waals surface area contributed by atoms with Crippen LogP contribution in [0.5, 0.6) is 11.5 Å². The van der Waals surface area contributed by atoms with E-state index in [-0.39, 0.29) is 31.0 Å². The molecule has 0 spiro atoms. The lowest BCUT2D eigenvalue weighted by molar-refractivity contribution is -0.125. The molecule has 5 rings (SSSR count). The zero-order chi connectivity index (χ0) is 23.7. The monoisotopic (exact) mass is 478 g/mol. The maximum Gasteiger partial charge on any atom is 0.255 e. The normalized spacial score (nSPS) is 18.7. The zero-order valence-corrected chi connectivity index (χ0v) is 19.3. The number of amides is 2. The molecule has 0 aliphatic carbocycles. The molecule has 3 aromatic rings. The van der Waals surface area contributed by atoms with Crippen LogP contribution in [0, 0.1) is 12.7 Å². The second kappa shape index (κ2) is 9.38. The molecular weight excluding hydrogens is 455 g/mol. The third kappa shape index (κ3) is 4.46. The first-order valence-electron chi connectivity index (χ1n) is 10.9. The molecule has 2 atom stereocenters. The number of aryl methyl sites for hydroxylation is 1. The average Bonchev–Trinajstić information content (AvgIpc) is 3.49. The predicted molar refractivity (Wildman–Crippen MR) is 127 cm³/mol. The van der Waals surface area contributed by atoms with E-state index >= 15 is 0 Å². The molecule has 174 valence electrons. The standard InChI is InChI=1S/C26H23FN2O4S/c1-16-5-8-18(9-6-16)25(31)29-21(14-34-26(29)19-3-2-4-20(27)12-19)24(30)28-13-17-7-10-22-23(11-17)33-15-32-22/h2-12,21,26H,13-15H2,1H3,(H,28,30). The fraction of sp³-hybridized carbons (Fsp3) is 0.231. The highest BCUT2D eigenvalue weighted by atomic mass is 32.2. The minimum Gasteiger partial charge on any atom is -0.454 e. The van der Waals surface area contributed by atoms with E-state index in [1.54, 1.807) is 29.2 Å². The average molecular weight is 479 g/mol. The summed E-state index contributed by atoms with van der Waals surface area (Å²) in [6.45, 7) is 2.41. The van der Waals surface area contributed by atoms with Gasteiger partial charge >= 0.3 is 0 Å². The highest BCUT2D eigenvalue weighted by Gasteiger charge is 2.42. The molecule has 34 heavy (non-hydrogen) atoms. The van der Waals surface area contributed by atoms with Crippen LogP contribution in [0.4, 0.5) is 4.39 Å². The molecule has 2 aliphatic rings. The molecule has 1 N–H and O–H groups in total. The first kappa shape index (κ1) is 22.3. The molecule has 2 heterocycles. The summed E-state index contributed by atoms with van der Waals surface area (Å²) in [5, 5.41) is 2.48. The van der Waals surface area contributed by atoms with E-state index in [1.807, 2.05) is 37.3 Å².